The molecule has 0 fully saturated rings. The van der Waals surface area contributed by atoms with Gasteiger partial charge < -0.3 is 13.9 Å². The molecular formula is C20H18N2O2. The van der Waals surface area contributed by atoms with Crippen LogP contribution in [0.5, 0.6) is 0 Å². The number of nitrogens with zero attached hydrogens (tertiary/aromatic N) is 2. The van der Waals surface area contributed by atoms with Gasteiger partial charge in [-0.15, -0.1) is 0 Å². The van der Waals surface area contributed by atoms with Crippen molar-refractivity contribution < 1.29 is 9.21 Å². The van der Waals surface area contributed by atoms with Gasteiger partial charge in [-0.05, 0) is 35.9 Å². The van der Waals surface area contributed by atoms with Gasteiger partial charge in [0.1, 0.15) is 5.76 Å². The number of rotatable bonds is 3. The van der Waals surface area contributed by atoms with Gasteiger partial charge >= 0.3 is 0 Å². The number of hydrogen-bond donors (Lipinski definition) is 0. The van der Waals surface area contributed by atoms with Crippen LogP contribution in [0.2, 0.25) is 0 Å². The molecule has 0 saturated heterocycles. The van der Waals surface area contributed by atoms with Crippen LogP contribution in [-0.4, -0.2) is 21.9 Å². The van der Waals surface area contributed by atoms with E-state index in [1.54, 1.807) is 18.4 Å². The molecule has 0 radical (unpaired) electrons. The smallest absolute Gasteiger partial charge is 0.247 e. The average Bonchev–Trinajstić information content (AvgIpc) is 3.30. The normalized spacial score (nSPS) is 17.2. The van der Waals surface area contributed by atoms with Gasteiger partial charge in [0.05, 0.1) is 12.3 Å². The Labute approximate surface area is 140 Å². The van der Waals surface area contributed by atoms with Crippen molar-refractivity contribution in [2.24, 2.45) is 0 Å². The van der Waals surface area contributed by atoms with Crippen LogP contribution in [-0.2, 0) is 11.3 Å². The molecule has 1 aliphatic rings. The van der Waals surface area contributed by atoms with Crippen LogP contribution in [0.15, 0.2) is 77.6 Å². The molecule has 2 aromatic heterocycles. The van der Waals surface area contributed by atoms with E-state index in [0.717, 1.165) is 17.8 Å². The topological polar surface area (TPSA) is 38.4 Å². The van der Waals surface area contributed by atoms with Crippen molar-refractivity contribution in [1.29, 1.82) is 0 Å². The minimum Gasteiger partial charge on any atom is -0.465 e. The molecular weight excluding hydrogens is 300 g/mol. The fourth-order valence-corrected chi connectivity index (χ4v) is 3.24. The van der Waals surface area contributed by atoms with E-state index in [1.165, 1.54) is 0 Å². The van der Waals surface area contributed by atoms with Crippen molar-refractivity contribution in [3.8, 4) is 0 Å². The van der Waals surface area contributed by atoms with E-state index in [9.17, 15) is 4.79 Å². The van der Waals surface area contributed by atoms with Crippen LogP contribution in [0.3, 0.4) is 0 Å². The van der Waals surface area contributed by atoms with Gasteiger partial charge in [0.25, 0.3) is 0 Å². The Bertz CT molecular complexity index is 847. The molecule has 1 amide bonds. The van der Waals surface area contributed by atoms with Crippen LogP contribution < -0.4 is 0 Å². The first-order chi connectivity index (χ1) is 11.8. The van der Waals surface area contributed by atoms with Crippen molar-refractivity contribution in [3.05, 3.63) is 90.2 Å². The first-order valence-electron chi connectivity index (χ1n) is 8.05. The lowest BCUT2D eigenvalue weighted by atomic mass is 10.00. The number of benzene rings is 1. The number of carbonyl (C=O) groups is 1. The molecule has 1 aromatic carbocycles. The summed E-state index contributed by atoms with van der Waals surface area (Å²) in [4.78, 5) is 14.7. The molecule has 1 unspecified atom stereocenters. The molecule has 1 aliphatic heterocycles. The van der Waals surface area contributed by atoms with E-state index < -0.39 is 0 Å². The number of fused-ring (bicyclic) bond motifs is 1. The monoisotopic (exact) mass is 318 g/mol. The SMILES string of the molecule is O=C(/C=C/c1ccco1)N1CCn2cccc2C1c1ccccc1. The summed E-state index contributed by atoms with van der Waals surface area (Å²) in [5.74, 6) is 0.674. The second kappa shape index (κ2) is 6.24. The van der Waals surface area contributed by atoms with E-state index >= 15 is 0 Å². The summed E-state index contributed by atoms with van der Waals surface area (Å²) in [5.41, 5.74) is 2.27. The Morgan fingerprint density at radius 1 is 1.04 bits per heavy atom. The largest absolute Gasteiger partial charge is 0.465 e. The zero-order valence-corrected chi connectivity index (χ0v) is 13.2. The van der Waals surface area contributed by atoms with Gasteiger partial charge in [0, 0.05) is 31.1 Å². The lowest BCUT2D eigenvalue weighted by Gasteiger charge is -2.36. The van der Waals surface area contributed by atoms with Crippen LogP contribution in [0.25, 0.3) is 6.08 Å². The lowest BCUT2D eigenvalue weighted by Crippen LogP contribution is -2.41. The summed E-state index contributed by atoms with van der Waals surface area (Å²) in [6.07, 6.45) is 6.99. The molecule has 4 heteroatoms. The molecule has 0 N–H and O–H groups in total. The summed E-state index contributed by atoms with van der Waals surface area (Å²) in [6, 6.07) is 17.9. The molecule has 0 bridgehead atoms. The molecule has 24 heavy (non-hydrogen) atoms. The Morgan fingerprint density at radius 3 is 2.71 bits per heavy atom. The third-order valence-electron chi connectivity index (χ3n) is 4.37. The maximum Gasteiger partial charge on any atom is 0.247 e. The Morgan fingerprint density at radius 2 is 1.92 bits per heavy atom. The predicted octanol–water partition coefficient (Wildman–Crippen LogP) is 3.73. The summed E-state index contributed by atoms with van der Waals surface area (Å²) in [7, 11) is 0. The summed E-state index contributed by atoms with van der Waals surface area (Å²) in [5, 5.41) is 0. The molecule has 0 aliphatic carbocycles. The van der Waals surface area contributed by atoms with Crippen molar-refractivity contribution in [2.75, 3.05) is 6.54 Å². The van der Waals surface area contributed by atoms with Gasteiger partial charge in [-0.3, -0.25) is 4.79 Å². The quantitative estimate of drug-likeness (QED) is 0.690. The summed E-state index contributed by atoms with van der Waals surface area (Å²) < 4.78 is 7.48. The zero-order chi connectivity index (χ0) is 16.4. The predicted molar refractivity (Wildman–Crippen MR) is 92.2 cm³/mol. The second-order valence-corrected chi connectivity index (χ2v) is 5.82. The fraction of sp³-hybridized carbons (Fsp3) is 0.150. The van der Waals surface area contributed by atoms with Crippen molar-refractivity contribution in [1.82, 2.24) is 9.47 Å². The molecule has 120 valence electrons. The van der Waals surface area contributed by atoms with Crippen LogP contribution in [0, 0.1) is 0 Å². The van der Waals surface area contributed by atoms with Gasteiger partial charge in [-0.2, -0.15) is 0 Å². The van der Waals surface area contributed by atoms with Gasteiger partial charge in [0.15, 0.2) is 0 Å². The van der Waals surface area contributed by atoms with Gasteiger partial charge in [0.2, 0.25) is 5.91 Å². The van der Waals surface area contributed by atoms with Gasteiger partial charge in [-0.25, -0.2) is 0 Å². The van der Waals surface area contributed by atoms with Crippen molar-refractivity contribution >= 4 is 12.0 Å². The van der Waals surface area contributed by atoms with E-state index in [4.69, 9.17) is 4.42 Å². The fourth-order valence-electron chi connectivity index (χ4n) is 3.24. The molecule has 0 spiro atoms. The Balaban J connectivity index is 1.67. The van der Waals surface area contributed by atoms with E-state index in [1.807, 2.05) is 41.3 Å². The van der Waals surface area contributed by atoms with Crippen LogP contribution in [0.1, 0.15) is 23.1 Å². The summed E-state index contributed by atoms with van der Waals surface area (Å²) in [6.45, 7) is 1.49. The first-order valence-corrected chi connectivity index (χ1v) is 8.05. The number of furan rings is 1. The zero-order valence-electron chi connectivity index (χ0n) is 13.2. The summed E-state index contributed by atoms with van der Waals surface area (Å²) >= 11 is 0. The molecule has 3 heterocycles. The maximum atomic E-state index is 12.8. The third kappa shape index (κ3) is 2.67. The van der Waals surface area contributed by atoms with E-state index in [0.29, 0.717) is 12.3 Å². The van der Waals surface area contributed by atoms with Crippen LogP contribution >= 0.6 is 0 Å². The maximum absolute atomic E-state index is 12.8. The minimum absolute atomic E-state index is 0.00676. The van der Waals surface area contributed by atoms with E-state index in [2.05, 4.69) is 29.0 Å². The van der Waals surface area contributed by atoms with Crippen molar-refractivity contribution in [3.63, 3.8) is 0 Å². The highest BCUT2D eigenvalue weighted by molar-refractivity contribution is 5.92. The average molecular weight is 318 g/mol. The first kappa shape index (κ1) is 14.6. The molecule has 4 nitrogen and oxygen atoms in total. The highest BCUT2D eigenvalue weighted by Gasteiger charge is 2.30. The molecule has 3 aromatic rings. The standard InChI is InChI=1S/C20H18N2O2/c23-19(11-10-17-8-5-15-24-17)22-14-13-21-12-4-9-18(21)20(22)16-6-2-1-3-7-16/h1-12,15,20H,13-14H2/b11-10+. The second-order valence-electron chi connectivity index (χ2n) is 5.82. The molecule has 0 saturated carbocycles. The van der Waals surface area contributed by atoms with E-state index in [-0.39, 0.29) is 11.9 Å². The number of amides is 1. The lowest BCUT2D eigenvalue weighted by molar-refractivity contribution is -0.128. The molecule has 1 atom stereocenters. The number of hydrogen-bond acceptors (Lipinski definition) is 2. The Kier molecular flexibility index (Phi) is 3.79. The van der Waals surface area contributed by atoms with Gasteiger partial charge in [-0.1, -0.05) is 30.3 Å². The van der Waals surface area contributed by atoms with Crippen LogP contribution in [0.4, 0.5) is 0 Å². The minimum atomic E-state index is -0.0660. The third-order valence-corrected chi connectivity index (χ3v) is 4.37. The Hall–Kier alpha value is -3.01. The van der Waals surface area contributed by atoms with Crippen molar-refractivity contribution in [2.45, 2.75) is 12.6 Å². The highest BCUT2D eigenvalue weighted by atomic mass is 16.3. The highest BCUT2D eigenvalue weighted by Crippen LogP contribution is 2.32. The number of aromatic nitrogens is 1. The number of carbonyl (C=O) groups excluding carboxylic acids is 1. The molecule has 4 rings (SSSR count).